The molecule has 0 fully saturated rings. The van der Waals surface area contributed by atoms with Crippen molar-refractivity contribution >= 4 is 23.8 Å². The Morgan fingerprint density at radius 1 is 1.24 bits per heavy atom. The summed E-state index contributed by atoms with van der Waals surface area (Å²) in [7, 11) is 0. The quantitative estimate of drug-likeness (QED) is 0.403. The lowest BCUT2D eigenvalue weighted by Gasteiger charge is -2.20. The van der Waals surface area contributed by atoms with Crippen LogP contribution in [0.3, 0.4) is 0 Å². The molecule has 120 valence electrons. The number of terminal acetylenes is 1. The highest BCUT2D eigenvalue weighted by molar-refractivity contribution is 7.99. The van der Waals surface area contributed by atoms with Crippen LogP contribution in [0.5, 0.6) is 0 Å². The number of carbonyl (C=O) groups is 2. The fourth-order valence-corrected chi connectivity index (χ4v) is 2.43. The highest BCUT2D eigenvalue weighted by Gasteiger charge is 2.15. The predicted octanol–water partition coefficient (Wildman–Crippen LogP) is 2.18. The Labute approximate surface area is 131 Å². The Kier molecular flexibility index (Phi) is 11.6. The van der Waals surface area contributed by atoms with Crippen molar-refractivity contribution in [2.45, 2.75) is 33.1 Å². The van der Waals surface area contributed by atoms with E-state index in [1.807, 2.05) is 0 Å². The average molecular weight is 314 g/mol. The molecule has 1 unspecified atom stereocenters. The van der Waals surface area contributed by atoms with Gasteiger partial charge in [0, 0.05) is 25.3 Å². The monoisotopic (exact) mass is 314 g/mol. The molecule has 0 aromatic rings. The molecular weight excluding hydrogens is 288 g/mol. The highest BCUT2D eigenvalue weighted by Crippen LogP contribution is 2.20. The number of urea groups is 1. The minimum absolute atomic E-state index is 0.182. The molecule has 5 nitrogen and oxygen atoms in total. The number of carboxylic acid groups (broad SMARTS) is 1. The fourth-order valence-electron chi connectivity index (χ4n) is 1.92. The van der Waals surface area contributed by atoms with Crippen molar-refractivity contribution in [3.05, 3.63) is 0 Å². The van der Waals surface area contributed by atoms with Crippen LogP contribution in [0.2, 0.25) is 0 Å². The van der Waals surface area contributed by atoms with E-state index in [0.29, 0.717) is 37.1 Å². The van der Waals surface area contributed by atoms with Crippen molar-refractivity contribution in [2.75, 3.05) is 24.6 Å². The number of rotatable bonds is 11. The zero-order valence-electron chi connectivity index (χ0n) is 12.9. The summed E-state index contributed by atoms with van der Waals surface area (Å²) in [4.78, 5) is 22.1. The van der Waals surface area contributed by atoms with Crippen molar-refractivity contribution in [3.63, 3.8) is 0 Å². The summed E-state index contributed by atoms with van der Waals surface area (Å²) in [5, 5.41) is 14.3. The second kappa shape index (κ2) is 12.4. The molecule has 0 rings (SSSR count). The van der Waals surface area contributed by atoms with Gasteiger partial charge >= 0.3 is 12.0 Å². The lowest BCUT2D eigenvalue weighted by atomic mass is 9.88. The normalized spacial score (nSPS) is 11.7. The van der Waals surface area contributed by atoms with E-state index in [-0.39, 0.29) is 12.5 Å². The van der Waals surface area contributed by atoms with Gasteiger partial charge in [-0.2, -0.15) is 0 Å². The molecule has 0 aliphatic carbocycles. The lowest BCUT2D eigenvalue weighted by Crippen LogP contribution is -2.37. The first-order valence-electron chi connectivity index (χ1n) is 7.22. The van der Waals surface area contributed by atoms with Crippen LogP contribution < -0.4 is 10.6 Å². The molecule has 1 atom stereocenters. The van der Waals surface area contributed by atoms with Crippen molar-refractivity contribution in [1.29, 1.82) is 0 Å². The van der Waals surface area contributed by atoms with Crippen LogP contribution in [0.4, 0.5) is 4.79 Å². The molecule has 0 saturated heterocycles. The number of hydrogen-bond donors (Lipinski definition) is 3. The summed E-state index contributed by atoms with van der Waals surface area (Å²) in [5.74, 6) is 3.93. The van der Waals surface area contributed by atoms with Crippen LogP contribution >= 0.6 is 11.8 Å². The van der Waals surface area contributed by atoms with E-state index >= 15 is 0 Å². The highest BCUT2D eigenvalue weighted by atomic mass is 32.2. The van der Waals surface area contributed by atoms with Crippen molar-refractivity contribution < 1.29 is 14.7 Å². The van der Waals surface area contributed by atoms with Gasteiger partial charge in [0.1, 0.15) is 0 Å². The minimum atomic E-state index is -0.768. The molecule has 0 spiro atoms. The molecule has 0 aliphatic heterocycles. The van der Waals surface area contributed by atoms with Gasteiger partial charge in [-0.3, -0.25) is 4.79 Å². The van der Waals surface area contributed by atoms with Crippen molar-refractivity contribution in [1.82, 2.24) is 10.6 Å². The van der Waals surface area contributed by atoms with Gasteiger partial charge in [-0.05, 0) is 24.7 Å². The summed E-state index contributed by atoms with van der Waals surface area (Å²) >= 11 is 1.60. The third-order valence-electron chi connectivity index (χ3n) is 3.19. The van der Waals surface area contributed by atoms with Crippen LogP contribution in [0, 0.1) is 24.2 Å². The van der Waals surface area contributed by atoms with Gasteiger partial charge in [-0.15, -0.1) is 18.2 Å². The third kappa shape index (κ3) is 12.1. The number of aliphatic carboxylic acids is 1. The van der Waals surface area contributed by atoms with Gasteiger partial charge < -0.3 is 15.7 Å². The maximum atomic E-state index is 11.5. The molecule has 0 aliphatic rings. The standard InChI is InChI=1S/C15H26N2O3S/c1-4-10-21-11-9-17-15(20)16-8-7-13(12(2)3)5-6-14(18)19/h1,12-13H,5-11H2,2-3H3,(H,18,19)(H2,16,17,20). The van der Waals surface area contributed by atoms with Crippen molar-refractivity contribution in [2.24, 2.45) is 11.8 Å². The van der Waals surface area contributed by atoms with E-state index in [0.717, 1.165) is 12.2 Å². The Morgan fingerprint density at radius 3 is 2.48 bits per heavy atom. The molecule has 0 heterocycles. The van der Waals surface area contributed by atoms with Gasteiger partial charge in [0.25, 0.3) is 0 Å². The predicted molar refractivity (Wildman–Crippen MR) is 87.4 cm³/mol. The van der Waals surface area contributed by atoms with Crippen LogP contribution in [-0.2, 0) is 4.79 Å². The largest absolute Gasteiger partial charge is 0.481 e. The van der Waals surface area contributed by atoms with E-state index in [4.69, 9.17) is 11.5 Å². The first-order valence-corrected chi connectivity index (χ1v) is 8.37. The smallest absolute Gasteiger partial charge is 0.314 e. The van der Waals surface area contributed by atoms with Gasteiger partial charge in [-0.25, -0.2) is 4.79 Å². The Balaban J connectivity index is 3.75. The summed E-state index contributed by atoms with van der Waals surface area (Å²) in [6.07, 6.45) is 6.75. The first kappa shape index (κ1) is 19.7. The number of carboxylic acids is 1. The number of nitrogens with one attached hydrogen (secondary N) is 2. The molecule has 3 N–H and O–H groups in total. The Morgan fingerprint density at radius 2 is 1.90 bits per heavy atom. The van der Waals surface area contributed by atoms with Gasteiger partial charge in [0.15, 0.2) is 0 Å². The van der Waals surface area contributed by atoms with Gasteiger partial charge in [0.2, 0.25) is 0 Å². The van der Waals surface area contributed by atoms with Crippen LogP contribution in [0.25, 0.3) is 0 Å². The van der Waals surface area contributed by atoms with Gasteiger partial charge in [0.05, 0.1) is 5.75 Å². The van der Waals surface area contributed by atoms with E-state index in [9.17, 15) is 9.59 Å². The molecular formula is C15H26N2O3S. The summed E-state index contributed by atoms with van der Waals surface area (Å²) in [6.45, 7) is 5.31. The number of amides is 2. The maximum absolute atomic E-state index is 11.5. The lowest BCUT2D eigenvalue weighted by molar-refractivity contribution is -0.137. The van der Waals surface area contributed by atoms with Crippen LogP contribution in [-0.4, -0.2) is 41.7 Å². The number of hydrogen-bond acceptors (Lipinski definition) is 3. The Bertz CT molecular complexity index is 353. The van der Waals surface area contributed by atoms with Crippen LogP contribution in [0.15, 0.2) is 0 Å². The zero-order valence-corrected chi connectivity index (χ0v) is 13.7. The van der Waals surface area contributed by atoms with Gasteiger partial charge in [-0.1, -0.05) is 19.8 Å². The second-order valence-corrected chi connectivity index (χ2v) is 6.27. The van der Waals surface area contributed by atoms with Crippen molar-refractivity contribution in [3.8, 4) is 12.3 Å². The third-order valence-corrected chi connectivity index (χ3v) is 4.05. The number of carbonyl (C=O) groups excluding carboxylic acids is 1. The molecule has 0 aromatic carbocycles. The van der Waals surface area contributed by atoms with E-state index < -0.39 is 5.97 Å². The zero-order chi connectivity index (χ0) is 16.1. The minimum Gasteiger partial charge on any atom is -0.481 e. The molecule has 0 saturated carbocycles. The van der Waals surface area contributed by atoms with E-state index in [2.05, 4.69) is 30.4 Å². The molecule has 0 aromatic heterocycles. The maximum Gasteiger partial charge on any atom is 0.314 e. The fraction of sp³-hybridized carbons (Fsp3) is 0.733. The molecule has 6 heteroatoms. The van der Waals surface area contributed by atoms with E-state index in [1.54, 1.807) is 11.8 Å². The SMILES string of the molecule is C#CCSCCNC(=O)NCCC(CCC(=O)O)C(C)C. The molecule has 21 heavy (non-hydrogen) atoms. The molecule has 2 amide bonds. The van der Waals surface area contributed by atoms with Crippen LogP contribution in [0.1, 0.15) is 33.1 Å². The second-order valence-electron chi connectivity index (χ2n) is 5.16. The topological polar surface area (TPSA) is 78.4 Å². The summed E-state index contributed by atoms with van der Waals surface area (Å²) in [6, 6.07) is -0.183. The van der Waals surface area contributed by atoms with E-state index in [1.165, 1.54) is 0 Å². The summed E-state index contributed by atoms with van der Waals surface area (Å²) < 4.78 is 0. The Hall–Kier alpha value is -1.35. The number of thioether (sulfide) groups is 1. The average Bonchev–Trinajstić information content (AvgIpc) is 2.41. The molecule has 0 bridgehead atoms. The first-order chi connectivity index (χ1) is 9.97. The summed E-state index contributed by atoms with van der Waals surface area (Å²) in [5.41, 5.74) is 0. The molecule has 0 radical (unpaired) electrons.